The molecule has 5 rings (SSSR count). The zero-order chi connectivity index (χ0) is 26.8. The van der Waals surface area contributed by atoms with Gasteiger partial charge in [0.1, 0.15) is 6.17 Å². The largest absolute Gasteiger partial charge is 0.381 e. The van der Waals surface area contributed by atoms with Gasteiger partial charge in [0.15, 0.2) is 0 Å². The van der Waals surface area contributed by atoms with E-state index < -0.39 is 6.17 Å². The summed E-state index contributed by atoms with van der Waals surface area (Å²) >= 11 is 0. The number of halogens is 1. The van der Waals surface area contributed by atoms with Gasteiger partial charge in [-0.3, -0.25) is 10.2 Å². The van der Waals surface area contributed by atoms with Crippen molar-refractivity contribution in [2.75, 3.05) is 20.8 Å². The number of aromatic nitrogens is 2. The van der Waals surface area contributed by atoms with E-state index in [2.05, 4.69) is 33.8 Å². The van der Waals surface area contributed by atoms with Crippen LogP contribution in [0.3, 0.4) is 0 Å². The number of imidazole rings is 1. The van der Waals surface area contributed by atoms with Crippen LogP contribution in [-0.2, 0) is 20.8 Å². The molecule has 8 heteroatoms. The molecule has 0 aromatic carbocycles. The minimum atomic E-state index is -0.675. The molecule has 8 unspecified atom stereocenters. The molecule has 1 aromatic rings. The maximum Gasteiger partial charge on any atom is 0.223 e. The number of hydrogen-bond donors (Lipinski definition) is 2. The molecule has 4 aliphatic rings. The van der Waals surface area contributed by atoms with Crippen molar-refractivity contribution in [1.29, 1.82) is 5.41 Å². The van der Waals surface area contributed by atoms with Gasteiger partial charge in [-0.05, 0) is 100 Å². The van der Waals surface area contributed by atoms with Gasteiger partial charge in [0, 0.05) is 51.7 Å². The number of amides is 1. The summed E-state index contributed by atoms with van der Waals surface area (Å²) in [5.41, 5.74) is 0.583. The van der Waals surface area contributed by atoms with E-state index >= 15 is 0 Å². The van der Waals surface area contributed by atoms with Crippen LogP contribution in [0, 0.1) is 40.9 Å². The summed E-state index contributed by atoms with van der Waals surface area (Å²) in [5.74, 6) is 2.16. The maximum absolute atomic E-state index is 14.1. The average Bonchev–Trinajstić information content (AvgIpc) is 3.70. The zero-order valence-electron chi connectivity index (χ0n) is 23.6. The van der Waals surface area contributed by atoms with Crippen LogP contribution in [0.5, 0.6) is 0 Å². The van der Waals surface area contributed by atoms with E-state index in [1.807, 2.05) is 0 Å². The lowest BCUT2D eigenvalue weighted by molar-refractivity contribution is -0.128. The van der Waals surface area contributed by atoms with Crippen molar-refractivity contribution in [3.8, 4) is 0 Å². The summed E-state index contributed by atoms with van der Waals surface area (Å²) in [4.78, 5) is 13.6. The molecular formula is C30H49FN4O3. The molecule has 4 aliphatic carbocycles. The van der Waals surface area contributed by atoms with Gasteiger partial charge in [0.2, 0.25) is 11.5 Å². The SMILES string of the molecule is COC1CC(CNC(=O)C2CC(Cn3ccn(C4CC4)c3=N)CC(C3CCC(F)CC3C)C2)CC(OC)C1. The molecule has 1 heterocycles. The van der Waals surface area contributed by atoms with Crippen molar-refractivity contribution in [3.63, 3.8) is 0 Å². The Hall–Kier alpha value is -1.67. The first kappa shape index (κ1) is 27.9. The molecule has 8 atom stereocenters. The Balaban J connectivity index is 1.25. The molecule has 1 aromatic heterocycles. The van der Waals surface area contributed by atoms with Crippen LogP contribution >= 0.6 is 0 Å². The highest BCUT2D eigenvalue weighted by atomic mass is 19.1. The quantitative estimate of drug-likeness (QED) is 0.477. The van der Waals surface area contributed by atoms with E-state index in [4.69, 9.17) is 14.9 Å². The predicted molar refractivity (Wildman–Crippen MR) is 144 cm³/mol. The molecule has 0 spiro atoms. The van der Waals surface area contributed by atoms with Crippen molar-refractivity contribution in [3.05, 3.63) is 18.0 Å². The van der Waals surface area contributed by atoms with E-state index in [0.29, 0.717) is 60.6 Å². The van der Waals surface area contributed by atoms with Crippen LogP contribution < -0.4 is 10.9 Å². The summed E-state index contributed by atoms with van der Waals surface area (Å²) in [6.07, 6.45) is 14.1. The summed E-state index contributed by atoms with van der Waals surface area (Å²) < 4.78 is 29.6. The minimum Gasteiger partial charge on any atom is -0.381 e. The Bertz CT molecular complexity index is 978. The van der Waals surface area contributed by atoms with Crippen LogP contribution in [0.4, 0.5) is 4.39 Å². The number of ether oxygens (including phenoxy) is 2. The third kappa shape index (κ3) is 6.55. The number of carbonyl (C=O) groups is 1. The Kier molecular flexibility index (Phi) is 8.98. The van der Waals surface area contributed by atoms with Gasteiger partial charge >= 0.3 is 0 Å². The van der Waals surface area contributed by atoms with Crippen LogP contribution in [0.2, 0.25) is 0 Å². The van der Waals surface area contributed by atoms with Crippen molar-refractivity contribution in [1.82, 2.24) is 14.5 Å². The zero-order valence-corrected chi connectivity index (χ0v) is 23.6. The third-order valence-electron chi connectivity index (χ3n) is 10.3. The molecule has 0 radical (unpaired) electrons. The van der Waals surface area contributed by atoms with Gasteiger partial charge in [-0.1, -0.05) is 6.92 Å². The number of nitrogens with zero attached hydrogens (tertiary/aromatic N) is 2. The second-order valence-corrected chi connectivity index (χ2v) is 13.0. The topological polar surface area (TPSA) is 81.3 Å². The van der Waals surface area contributed by atoms with Gasteiger partial charge in [0.25, 0.3) is 0 Å². The fourth-order valence-electron chi connectivity index (χ4n) is 8.03. The maximum atomic E-state index is 14.1. The van der Waals surface area contributed by atoms with Crippen LogP contribution in [-0.4, -0.2) is 54.2 Å². The first-order chi connectivity index (χ1) is 18.3. The Labute approximate surface area is 227 Å². The fourth-order valence-corrected chi connectivity index (χ4v) is 8.03. The number of alkyl halides is 1. The van der Waals surface area contributed by atoms with Gasteiger partial charge in [-0.25, -0.2) is 4.39 Å². The lowest BCUT2D eigenvalue weighted by Gasteiger charge is -2.43. The minimum absolute atomic E-state index is 0.0191. The molecule has 38 heavy (non-hydrogen) atoms. The summed E-state index contributed by atoms with van der Waals surface area (Å²) in [7, 11) is 3.52. The first-order valence-corrected chi connectivity index (χ1v) is 15.1. The normalized spacial score (nSPS) is 38.2. The fraction of sp³-hybridized carbons (Fsp3) is 0.867. The molecule has 4 saturated carbocycles. The van der Waals surface area contributed by atoms with Gasteiger partial charge in [0.05, 0.1) is 12.2 Å². The smallest absolute Gasteiger partial charge is 0.223 e. The van der Waals surface area contributed by atoms with Gasteiger partial charge in [-0.15, -0.1) is 0 Å². The molecular weight excluding hydrogens is 483 g/mol. The van der Waals surface area contributed by atoms with Crippen LogP contribution in [0.25, 0.3) is 0 Å². The summed E-state index contributed by atoms with van der Waals surface area (Å²) in [6.45, 7) is 3.67. The standard InChI is InChI=1S/C30H49FN4O3/c1-19-10-24(31)4-7-28(19)22-11-21(18-34-8-9-35(30(34)32)25-5-6-25)12-23(15-22)29(36)33-17-20-13-26(37-2)16-27(14-20)38-3/h8-9,19-28,32H,4-7,10-18H2,1-3H3,(H,33,36). The Morgan fingerprint density at radius 1 is 0.974 bits per heavy atom. The molecule has 0 saturated heterocycles. The van der Waals surface area contributed by atoms with Gasteiger partial charge < -0.3 is 23.9 Å². The highest BCUT2D eigenvalue weighted by Crippen LogP contribution is 2.46. The van der Waals surface area contributed by atoms with E-state index in [1.54, 1.807) is 14.2 Å². The second-order valence-electron chi connectivity index (χ2n) is 13.0. The Morgan fingerprint density at radius 3 is 2.37 bits per heavy atom. The van der Waals surface area contributed by atoms with Crippen LogP contribution in [0.15, 0.2) is 12.4 Å². The van der Waals surface area contributed by atoms with E-state index in [-0.39, 0.29) is 24.0 Å². The van der Waals surface area contributed by atoms with Crippen molar-refractivity contribution >= 4 is 5.91 Å². The van der Waals surface area contributed by atoms with Crippen molar-refractivity contribution < 1.29 is 18.7 Å². The molecule has 2 N–H and O–H groups in total. The predicted octanol–water partition coefficient (Wildman–Crippen LogP) is 4.86. The summed E-state index contributed by atoms with van der Waals surface area (Å²) in [6, 6.07) is 0.494. The molecule has 214 valence electrons. The van der Waals surface area contributed by atoms with E-state index in [9.17, 15) is 9.18 Å². The highest BCUT2D eigenvalue weighted by Gasteiger charge is 2.41. The summed E-state index contributed by atoms with van der Waals surface area (Å²) in [5, 5.41) is 12.0. The molecule has 7 nitrogen and oxygen atoms in total. The molecule has 0 aliphatic heterocycles. The second kappa shape index (κ2) is 12.2. The number of carbonyl (C=O) groups excluding carboxylic acids is 1. The average molecular weight is 533 g/mol. The lowest BCUT2D eigenvalue weighted by atomic mass is 9.63. The van der Waals surface area contributed by atoms with E-state index in [1.165, 1.54) is 12.8 Å². The molecule has 0 bridgehead atoms. The Morgan fingerprint density at radius 2 is 1.71 bits per heavy atom. The number of hydrogen-bond acceptors (Lipinski definition) is 4. The number of rotatable bonds is 9. The monoisotopic (exact) mass is 532 g/mol. The van der Waals surface area contributed by atoms with Crippen LogP contribution in [0.1, 0.15) is 83.6 Å². The number of methoxy groups -OCH3 is 2. The highest BCUT2D eigenvalue weighted by molar-refractivity contribution is 5.78. The number of nitrogens with one attached hydrogen (secondary N) is 2. The lowest BCUT2D eigenvalue weighted by Crippen LogP contribution is -2.44. The van der Waals surface area contributed by atoms with Gasteiger partial charge in [-0.2, -0.15) is 0 Å². The molecule has 4 fully saturated rings. The third-order valence-corrected chi connectivity index (χ3v) is 10.3. The van der Waals surface area contributed by atoms with Crippen molar-refractivity contribution in [2.24, 2.45) is 35.5 Å². The first-order valence-electron chi connectivity index (χ1n) is 15.1. The molecule has 1 amide bonds. The van der Waals surface area contributed by atoms with E-state index in [0.717, 1.165) is 51.5 Å². The van der Waals surface area contributed by atoms with Crippen molar-refractivity contribution in [2.45, 2.75) is 109 Å².